The van der Waals surface area contributed by atoms with Gasteiger partial charge in [-0.3, -0.25) is 9.78 Å². The monoisotopic (exact) mass is 461 g/mol. The average Bonchev–Trinajstić information content (AvgIpc) is 3.12. The van der Waals surface area contributed by atoms with Crippen LogP contribution in [-0.2, 0) is 11.2 Å². The van der Waals surface area contributed by atoms with E-state index < -0.39 is 18.1 Å². The van der Waals surface area contributed by atoms with Gasteiger partial charge in [-0.25, -0.2) is 4.79 Å². The van der Waals surface area contributed by atoms with Crippen molar-refractivity contribution in [1.82, 2.24) is 15.0 Å². The Morgan fingerprint density at radius 3 is 2.72 bits per heavy atom. The summed E-state index contributed by atoms with van der Waals surface area (Å²) < 4.78 is 39.3. The first-order valence-corrected chi connectivity index (χ1v) is 9.83. The molecule has 0 atom stereocenters. The molecule has 6 nitrogen and oxygen atoms in total. The Morgan fingerprint density at radius 2 is 1.97 bits per heavy atom. The summed E-state index contributed by atoms with van der Waals surface area (Å²) in [6.07, 6.45) is -0.0887. The standard InChI is InChI=1S/C22H15ClF3N3O3/c23-17-4-2-1-3-13(17)5-6-15-11-14(7-9-27-15)19-12-16-18(8-10-28-20(16)30)29(19)32-21(31)22(24,25)26/h1-7,9,11-12H,8,10H2,(H,28,30)/b6-5+. The second-order valence-electron chi connectivity index (χ2n) is 6.89. The Balaban J connectivity index is 1.75. The number of rotatable bonds is 4. The number of hydrogen-bond acceptors (Lipinski definition) is 4. The second-order valence-corrected chi connectivity index (χ2v) is 7.30. The number of aromatic nitrogens is 2. The molecule has 1 amide bonds. The Morgan fingerprint density at radius 1 is 1.19 bits per heavy atom. The van der Waals surface area contributed by atoms with Gasteiger partial charge in [0.25, 0.3) is 5.91 Å². The third kappa shape index (κ3) is 4.38. The highest BCUT2D eigenvalue weighted by Gasteiger charge is 2.43. The Labute approximate surface area is 185 Å². The summed E-state index contributed by atoms with van der Waals surface area (Å²) in [5, 5.41) is 3.17. The molecule has 4 rings (SSSR count). The van der Waals surface area contributed by atoms with Gasteiger partial charge in [0.15, 0.2) is 0 Å². The van der Waals surface area contributed by atoms with Crippen LogP contribution in [-0.4, -0.2) is 34.3 Å². The van der Waals surface area contributed by atoms with Crippen molar-refractivity contribution < 1.29 is 27.6 Å². The lowest BCUT2D eigenvalue weighted by atomic mass is 10.1. The molecule has 3 aromatic rings. The molecular formula is C22H15ClF3N3O3. The highest BCUT2D eigenvalue weighted by atomic mass is 35.5. The maximum atomic E-state index is 12.8. The highest BCUT2D eigenvalue weighted by molar-refractivity contribution is 6.32. The molecule has 2 aromatic heterocycles. The van der Waals surface area contributed by atoms with Crippen LogP contribution < -0.4 is 10.2 Å². The number of alkyl halides is 3. The van der Waals surface area contributed by atoms with Crippen LogP contribution in [0.2, 0.25) is 5.02 Å². The number of pyridine rings is 1. The quantitative estimate of drug-likeness (QED) is 0.632. The third-order valence-electron chi connectivity index (χ3n) is 4.77. The molecule has 0 unspecified atom stereocenters. The molecule has 1 N–H and O–H groups in total. The van der Waals surface area contributed by atoms with Crippen LogP contribution in [0.5, 0.6) is 0 Å². The molecule has 32 heavy (non-hydrogen) atoms. The molecule has 0 bridgehead atoms. The van der Waals surface area contributed by atoms with Crippen LogP contribution in [0, 0.1) is 0 Å². The molecule has 0 saturated heterocycles. The normalized spacial score (nSPS) is 13.7. The number of amides is 1. The zero-order valence-electron chi connectivity index (χ0n) is 16.3. The van der Waals surface area contributed by atoms with Crippen LogP contribution in [0.1, 0.15) is 27.3 Å². The summed E-state index contributed by atoms with van der Waals surface area (Å²) in [6, 6.07) is 11.7. The zero-order chi connectivity index (χ0) is 22.9. The fraction of sp³-hybridized carbons (Fsp3) is 0.136. The molecule has 0 fully saturated rings. The van der Waals surface area contributed by atoms with Crippen LogP contribution in [0.15, 0.2) is 48.7 Å². The fourth-order valence-corrected chi connectivity index (χ4v) is 3.48. The summed E-state index contributed by atoms with van der Waals surface area (Å²) in [4.78, 5) is 32.6. The van der Waals surface area contributed by atoms with Crippen LogP contribution in [0.3, 0.4) is 0 Å². The highest BCUT2D eigenvalue weighted by Crippen LogP contribution is 2.29. The molecule has 1 aliphatic heterocycles. The Hall–Kier alpha value is -3.59. The lowest BCUT2D eigenvalue weighted by Crippen LogP contribution is -2.37. The van der Waals surface area contributed by atoms with Crippen molar-refractivity contribution in [3.63, 3.8) is 0 Å². The summed E-state index contributed by atoms with van der Waals surface area (Å²) in [6.45, 7) is 0.209. The largest absolute Gasteiger partial charge is 0.493 e. The van der Waals surface area contributed by atoms with E-state index in [4.69, 9.17) is 11.6 Å². The molecule has 0 spiro atoms. The van der Waals surface area contributed by atoms with E-state index in [1.54, 1.807) is 36.4 Å². The first kappa shape index (κ1) is 21.6. The number of hydrogen-bond donors (Lipinski definition) is 1. The Kier molecular flexibility index (Phi) is 5.75. The molecule has 164 valence electrons. The lowest BCUT2D eigenvalue weighted by molar-refractivity contribution is -0.199. The molecular weight excluding hydrogens is 447 g/mol. The van der Waals surface area contributed by atoms with E-state index in [1.807, 2.05) is 12.1 Å². The number of carbonyl (C=O) groups is 2. The van der Waals surface area contributed by atoms with Crippen molar-refractivity contribution in [2.45, 2.75) is 12.6 Å². The van der Waals surface area contributed by atoms with E-state index >= 15 is 0 Å². The molecule has 3 heterocycles. The van der Waals surface area contributed by atoms with E-state index in [-0.39, 0.29) is 29.9 Å². The maximum Gasteiger partial charge on any atom is 0.493 e. The van der Waals surface area contributed by atoms with Gasteiger partial charge in [-0.2, -0.15) is 17.9 Å². The maximum absolute atomic E-state index is 12.8. The minimum Gasteiger partial charge on any atom is -0.352 e. The van der Waals surface area contributed by atoms with Gasteiger partial charge in [-0.15, -0.1) is 0 Å². The van der Waals surface area contributed by atoms with Crippen molar-refractivity contribution >= 4 is 35.6 Å². The van der Waals surface area contributed by atoms with Gasteiger partial charge in [-0.1, -0.05) is 35.9 Å². The van der Waals surface area contributed by atoms with E-state index in [9.17, 15) is 22.8 Å². The second kappa shape index (κ2) is 8.51. The van der Waals surface area contributed by atoms with E-state index in [1.165, 1.54) is 12.3 Å². The molecule has 10 heteroatoms. The predicted octanol–water partition coefficient (Wildman–Crippen LogP) is 4.18. The van der Waals surface area contributed by atoms with Gasteiger partial charge < -0.3 is 10.2 Å². The number of halogens is 4. The minimum atomic E-state index is -5.19. The topological polar surface area (TPSA) is 73.2 Å². The zero-order valence-corrected chi connectivity index (χ0v) is 17.1. The third-order valence-corrected chi connectivity index (χ3v) is 5.11. The first-order valence-electron chi connectivity index (χ1n) is 9.45. The predicted molar refractivity (Wildman–Crippen MR) is 112 cm³/mol. The van der Waals surface area contributed by atoms with Crippen molar-refractivity contribution in [2.75, 3.05) is 6.54 Å². The smallest absolute Gasteiger partial charge is 0.352 e. The minimum absolute atomic E-state index is 0.124. The number of nitrogens with one attached hydrogen (secondary N) is 1. The number of nitrogens with zero attached hydrogens (tertiary/aromatic N) is 2. The van der Waals surface area contributed by atoms with E-state index in [0.717, 1.165) is 10.3 Å². The van der Waals surface area contributed by atoms with Gasteiger partial charge >= 0.3 is 12.1 Å². The summed E-state index contributed by atoms with van der Waals surface area (Å²) in [7, 11) is 0. The van der Waals surface area contributed by atoms with Crippen molar-refractivity contribution in [2.24, 2.45) is 0 Å². The molecule has 0 aliphatic carbocycles. The SMILES string of the molecule is O=C1NCCc2c1cc(-c1ccnc(/C=C/c3ccccc3Cl)c1)n2OC(=O)C(F)(F)F. The van der Waals surface area contributed by atoms with Crippen molar-refractivity contribution in [3.8, 4) is 11.3 Å². The summed E-state index contributed by atoms with van der Waals surface area (Å²) in [5.41, 5.74) is 2.11. The Bertz CT molecular complexity index is 1230. The van der Waals surface area contributed by atoms with E-state index in [2.05, 4.69) is 15.1 Å². The van der Waals surface area contributed by atoms with Crippen molar-refractivity contribution in [1.29, 1.82) is 0 Å². The molecule has 0 saturated carbocycles. The number of carbonyl (C=O) groups excluding carboxylic acids is 2. The van der Waals surface area contributed by atoms with Gasteiger partial charge in [0.2, 0.25) is 0 Å². The molecule has 1 aromatic carbocycles. The summed E-state index contributed by atoms with van der Waals surface area (Å²) >= 11 is 6.14. The van der Waals surface area contributed by atoms with Crippen LogP contribution in [0.4, 0.5) is 13.2 Å². The molecule has 1 aliphatic rings. The van der Waals surface area contributed by atoms with Crippen LogP contribution >= 0.6 is 11.6 Å². The molecule has 0 radical (unpaired) electrons. The van der Waals surface area contributed by atoms with E-state index in [0.29, 0.717) is 16.3 Å². The van der Waals surface area contributed by atoms with Gasteiger partial charge in [0.05, 0.1) is 22.6 Å². The number of fused-ring (bicyclic) bond motifs is 1. The average molecular weight is 462 g/mol. The first-order chi connectivity index (χ1) is 15.2. The fourth-order valence-electron chi connectivity index (χ4n) is 3.28. The van der Waals surface area contributed by atoms with Gasteiger partial charge in [0, 0.05) is 29.7 Å². The van der Waals surface area contributed by atoms with Gasteiger partial charge in [-0.05, 0) is 35.9 Å². The van der Waals surface area contributed by atoms with Crippen molar-refractivity contribution in [3.05, 3.63) is 76.2 Å². The summed E-state index contributed by atoms with van der Waals surface area (Å²) in [5.74, 6) is -2.83. The van der Waals surface area contributed by atoms with Gasteiger partial charge in [0.1, 0.15) is 0 Å². The van der Waals surface area contributed by atoms with Crippen LogP contribution in [0.25, 0.3) is 23.4 Å². The lowest BCUT2D eigenvalue weighted by Gasteiger charge is -2.17. The number of benzene rings is 1.